The van der Waals surface area contributed by atoms with Gasteiger partial charge in [-0.05, 0) is 28.3 Å². The molecule has 0 aliphatic carbocycles. The zero-order valence-electron chi connectivity index (χ0n) is 13.2. The van der Waals surface area contributed by atoms with Gasteiger partial charge in [-0.2, -0.15) is 0 Å². The molecule has 0 aromatic heterocycles. The van der Waals surface area contributed by atoms with Crippen LogP contribution in [0.1, 0.15) is 16.7 Å². The van der Waals surface area contributed by atoms with E-state index in [2.05, 4.69) is 91.0 Å². The fraction of sp³-hybridized carbons (Fsp3) is 0. The lowest BCUT2D eigenvalue weighted by molar-refractivity contribution is 0.278. The normalized spacial score (nSPS) is 9.46. The van der Waals surface area contributed by atoms with Gasteiger partial charge in [0.25, 0.3) is 0 Å². The summed E-state index contributed by atoms with van der Waals surface area (Å²) in [6, 6.07) is 31.5. The summed E-state index contributed by atoms with van der Waals surface area (Å²) in [6.45, 7) is 0. The first-order chi connectivity index (χ1) is 11.7. The summed E-state index contributed by atoms with van der Waals surface area (Å²) < 4.78 is 0. The first-order valence-electron chi connectivity index (χ1n) is 7.58. The molecular formula is C20H19BO3. The van der Waals surface area contributed by atoms with Crippen LogP contribution in [-0.2, 0) is 0 Å². The Balaban J connectivity index is 0.000000471. The molecule has 120 valence electrons. The smallest absolute Gasteiger partial charge is 0.402 e. The van der Waals surface area contributed by atoms with Gasteiger partial charge in [0.1, 0.15) is 0 Å². The van der Waals surface area contributed by atoms with Crippen LogP contribution in [0.4, 0.5) is 0 Å². The van der Waals surface area contributed by atoms with Gasteiger partial charge in [0.15, 0.2) is 0 Å². The molecule has 0 saturated heterocycles. The summed E-state index contributed by atoms with van der Waals surface area (Å²) >= 11 is 0. The van der Waals surface area contributed by atoms with Crippen LogP contribution >= 0.6 is 0 Å². The summed E-state index contributed by atoms with van der Waals surface area (Å²) in [5.41, 5.74) is 4.94. The van der Waals surface area contributed by atoms with Crippen LogP contribution < -0.4 is 0 Å². The molecule has 0 atom stereocenters. The lowest BCUT2D eigenvalue weighted by Gasteiger charge is -2.08. The van der Waals surface area contributed by atoms with Gasteiger partial charge < -0.3 is 15.1 Å². The second-order valence-electron chi connectivity index (χ2n) is 5.05. The predicted molar refractivity (Wildman–Crippen MR) is 98.7 cm³/mol. The summed E-state index contributed by atoms with van der Waals surface area (Å²) in [4.78, 5) is 0. The van der Waals surface area contributed by atoms with Crippen LogP contribution in [0.5, 0.6) is 0 Å². The largest absolute Gasteiger partial charge is 0.631 e. The Morgan fingerprint density at radius 1 is 0.583 bits per heavy atom. The van der Waals surface area contributed by atoms with Crippen molar-refractivity contribution in [1.29, 1.82) is 0 Å². The third-order valence-electron chi connectivity index (χ3n) is 3.28. The van der Waals surface area contributed by atoms with Gasteiger partial charge in [0.05, 0.1) is 0 Å². The summed E-state index contributed by atoms with van der Waals surface area (Å²) in [5.74, 6) is 0. The van der Waals surface area contributed by atoms with Crippen LogP contribution in [0.25, 0.3) is 11.6 Å². The highest BCUT2D eigenvalue weighted by Gasteiger charge is 2.04. The minimum Gasteiger partial charge on any atom is -0.402 e. The van der Waals surface area contributed by atoms with Crippen molar-refractivity contribution in [2.45, 2.75) is 0 Å². The van der Waals surface area contributed by atoms with Crippen molar-refractivity contribution in [1.82, 2.24) is 0 Å². The fourth-order valence-electron chi connectivity index (χ4n) is 2.28. The molecule has 0 unspecified atom stereocenters. The monoisotopic (exact) mass is 318 g/mol. The molecule has 0 amide bonds. The number of hydrogen-bond acceptors (Lipinski definition) is 3. The van der Waals surface area contributed by atoms with Crippen molar-refractivity contribution < 1.29 is 15.1 Å². The Hall–Kier alpha value is -2.66. The van der Waals surface area contributed by atoms with E-state index in [1.165, 1.54) is 22.3 Å². The van der Waals surface area contributed by atoms with Gasteiger partial charge in [-0.15, -0.1) is 0 Å². The van der Waals surface area contributed by atoms with Crippen molar-refractivity contribution in [3.05, 3.63) is 108 Å². The number of hydrogen-bond donors (Lipinski definition) is 3. The molecule has 3 nitrogen and oxygen atoms in total. The third kappa shape index (κ3) is 5.86. The average Bonchev–Trinajstić information content (AvgIpc) is 2.62. The molecular weight excluding hydrogens is 299 g/mol. The Kier molecular flexibility index (Phi) is 6.99. The molecule has 0 heterocycles. The van der Waals surface area contributed by atoms with Crippen molar-refractivity contribution in [2.24, 2.45) is 0 Å². The summed E-state index contributed by atoms with van der Waals surface area (Å²) in [5, 5.41) is 21.5. The quantitative estimate of drug-likeness (QED) is 0.513. The molecule has 0 radical (unpaired) electrons. The Morgan fingerprint density at radius 3 is 1.29 bits per heavy atom. The highest BCUT2D eigenvalue weighted by molar-refractivity contribution is 6.30. The number of benzene rings is 3. The maximum absolute atomic E-state index is 7.17. The second-order valence-corrected chi connectivity index (χ2v) is 5.05. The van der Waals surface area contributed by atoms with Crippen LogP contribution in [0.15, 0.2) is 91.0 Å². The Bertz CT molecular complexity index is 697. The van der Waals surface area contributed by atoms with Gasteiger partial charge in [0.2, 0.25) is 0 Å². The molecule has 24 heavy (non-hydrogen) atoms. The predicted octanol–water partition coefficient (Wildman–Crippen LogP) is 3.22. The van der Waals surface area contributed by atoms with Gasteiger partial charge in [-0.1, -0.05) is 91.0 Å². The van der Waals surface area contributed by atoms with Gasteiger partial charge in [0, 0.05) is 0 Å². The van der Waals surface area contributed by atoms with E-state index in [-0.39, 0.29) is 0 Å². The molecule has 0 saturated carbocycles. The van der Waals surface area contributed by atoms with Crippen LogP contribution in [0.3, 0.4) is 0 Å². The van der Waals surface area contributed by atoms with E-state index in [1.807, 2.05) is 6.07 Å². The third-order valence-corrected chi connectivity index (χ3v) is 3.28. The molecule has 4 heteroatoms. The molecule has 0 aliphatic rings. The van der Waals surface area contributed by atoms with E-state index in [4.69, 9.17) is 15.1 Å². The van der Waals surface area contributed by atoms with E-state index in [0.29, 0.717) is 0 Å². The highest BCUT2D eigenvalue weighted by atomic mass is 16.5. The van der Waals surface area contributed by atoms with Gasteiger partial charge in [-0.25, -0.2) is 0 Å². The highest BCUT2D eigenvalue weighted by Crippen LogP contribution is 2.25. The molecule has 0 bridgehead atoms. The molecule has 3 aromatic rings. The van der Waals surface area contributed by atoms with Crippen molar-refractivity contribution >= 4 is 19.0 Å². The zero-order valence-corrected chi connectivity index (χ0v) is 13.2. The molecule has 3 rings (SSSR count). The molecule has 0 spiro atoms. The SMILES string of the molecule is C(=C(c1ccccc1)c1ccccc1)c1ccccc1.OB(O)O. The maximum Gasteiger partial charge on any atom is 0.631 e. The van der Waals surface area contributed by atoms with E-state index in [1.54, 1.807) is 0 Å². The van der Waals surface area contributed by atoms with Gasteiger partial charge in [-0.3, -0.25) is 0 Å². The minimum absolute atomic E-state index is 1.22. The molecule has 3 aromatic carbocycles. The van der Waals surface area contributed by atoms with E-state index in [0.717, 1.165) is 0 Å². The lowest BCUT2D eigenvalue weighted by Crippen LogP contribution is -2.07. The molecule has 3 N–H and O–H groups in total. The zero-order chi connectivity index (χ0) is 17.2. The first kappa shape index (κ1) is 17.7. The summed E-state index contributed by atoms with van der Waals surface area (Å²) in [7, 11) is -2.17. The van der Waals surface area contributed by atoms with Gasteiger partial charge >= 0.3 is 7.32 Å². The van der Waals surface area contributed by atoms with E-state index >= 15 is 0 Å². The lowest BCUT2D eigenvalue weighted by atomic mass is 9.96. The molecule has 0 fully saturated rings. The van der Waals surface area contributed by atoms with Crippen molar-refractivity contribution in [3.8, 4) is 0 Å². The topological polar surface area (TPSA) is 60.7 Å². The first-order valence-corrected chi connectivity index (χ1v) is 7.58. The van der Waals surface area contributed by atoms with E-state index in [9.17, 15) is 0 Å². The van der Waals surface area contributed by atoms with Crippen LogP contribution in [-0.4, -0.2) is 22.4 Å². The fourth-order valence-corrected chi connectivity index (χ4v) is 2.28. The van der Waals surface area contributed by atoms with Crippen LogP contribution in [0.2, 0.25) is 0 Å². The standard InChI is InChI=1S/C20H16.BH3O3/c1-4-10-17(11-5-1)16-20(18-12-6-2-7-13-18)19-14-8-3-9-15-19;2-1(3)4/h1-16H;2-4H. The second kappa shape index (κ2) is 9.48. The average molecular weight is 318 g/mol. The van der Waals surface area contributed by atoms with E-state index < -0.39 is 7.32 Å². The Morgan fingerprint density at radius 2 is 0.917 bits per heavy atom. The van der Waals surface area contributed by atoms with Crippen molar-refractivity contribution in [3.63, 3.8) is 0 Å². The molecule has 0 aliphatic heterocycles. The van der Waals surface area contributed by atoms with Crippen molar-refractivity contribution in [2.75, 3.05) is 0 Å². The Labute approximate surface area is 142 Å². The summed E-state index contributed by atoms with van der Waals surface area (Å²) in [6.07, 6.45) is 2.24. The maximum atomic E-state index is 7.17. The van der Waals surface area contributed by atoms with Crippen LogP contribution in [0, 0.1) is 0 Å². The number of rotatable bonds is 3. The minimum atomic E-state index is -2.17.